The number of rotatable bonds is 5. The average molecular weight is 372 g/mol. The second-order valence-electron chi connectivity index (χ2n) is 6.51. The molecule has 6 heteroatoms. The molecular formula is C20H22ClN3O2. The lowest BCUT2D eigenvalue weighted by molar-refractivity contribution is -0.117. The van der Waals surface area contributed by atoms with Crippen molar-refractivity contribution in [2.75, 3.05) is 22.1 Å². The van der Waals surface area contributed by atoms with E-state index in [1.165, 1.54) is 0 Å². The van der Waals surface area contributed by atoms with Crippen molar-refractivity contribution in [1.82, 2.24) is 0 Å². The van der Waals surface area contributed by atoms with E-state index in [9.17, 15) is 9.59 Å². The number of aryl methyl sites for hydroxylation is 1. The third kappa shape index (κ3) is 4.17. The van der Waals surface area contributed by atoms with E-state index < -0.39 is 6.04 Å². The van der Waals surface area contributed by atoms with Crippen LogP contribution in [0.15, 0.2) is 42.5 Å². The molecule has 0 bridgehead atoms. The summed E-state index contributed by atoms with van der Waals surface area (Å²) in [4.78, 5) is 26.0. The van der Waals surface area contributed by atoms with E-state index in [2.05, 4.69) is 10.6 Å². The van der Waals surface area contributed by atoms with Gasteiger partial charge >= 0.3 is 0 Å². The molecule has 3 rings (SSSR count). The molecule has 1 heterocycles. The lowest BCUT2D eigenvalue weighted by atomic mass is 10.2. The maximum absolute atomic E-state index is 12.4. The predicted molar refractivity (Wildman–Crippen MR) is 106 cm³/mol. The molecule has 1 saturated heterocycles. The summed E-state index contributed by atoms with van der Waals surface area (Å²) < 4.78 is 0. The highest BCUT2D eigenvalue weighted by Gasteiger charge is 2.21. The Morgan fingerprint density at radius 1 is 1.19 bits per heavy atom. The fourth-order valence-electron chi connectivity index (χ4n) is 2.94. The van der Waals surface area contributed by atoms with Crippen molar-refractivity contribution in [1.29, 1.82) is 0 Å². The topological polar surface area (TPSA) is 61.4 Å². The molecular weight excluding hydrogens is 350 g/mol. The van der Waals surface area contributed by atoms with Gasteiger partial charge in [-0.1, -0.05) is 17.7 Å². The number of hydrogen-bond acceptors (Lipinski definition) is 3. The number of anilines is 3. The summed E-state index contributed by atoms with van der Waals surface area (Å²) in [6, 6.07) is 12.5. The number of benzene rings is 2. The van der Waals surface area contributed by atoms with E-state index in [0.717, 1.165) is 29.9 Å². The van der Waals surface area contributed by atoms with Crippen LogP contribution in [0, 0.1) is 6.92 Å². The lowest BCUT2D eigenvalue weighted by Gasteiger charge is -2.18. The molecule has 26 heavy (non-hydrogen) atoms. The van der Waals surface area contributed by atoms with Crippen LogP contribution >= 0.6 is 11.6 Å². The standard InChI is InChI=1S/C20H22ClN3O2/c1-13-5-6-15(21)12-18(13)23-20(26)14(2)22-16-7-9-17(10-8-16)24-11-3-4-19(24)25/h5-10,12,14,22H,3-4,11H2,1-2H3,(H,23,26)/t14-/m1/s1. The molecule has 0 unspecified atom stereocenters. The molecule has 0 aromatic heterocycles. The maximum atomic E-state index is 12.4. The van der Waals surface area contributed by atoms with Crippen molar-refractivity contribution < 1.29 is 9.59 Å². The van der Waals surface area contributed by atoms with Crippen LogP contribution in [0.1, 0.15) is 25.3 Å². The molecule has 5 nitrogen and oxygen atoms in total. The first-order valence-corrected chi connectivity index (χ1v) is 9.06. The number of halogens is 1. The van der Waals surface area contributed by atoms with Crippen LogP contribution in [-0.2, 0) is 9.59 Å². The number of nitrogens with zero attached hydrogens (tertiary/aromatic N) is 1. The lowest BCUT2D eigenvalue weighted by Crippen LogP contribution is -2.32. The Hall–Kier alpha value is -2.53. The molecule has 1 aliphatic heterocycles. The number of hydrogen-bond donors (Lipinski definition) is 2. The first-order valence-electron chi connectivity index (χ1n) is 8.68. The summed E-state index contributed by atoms with van der Waals surface area (Å²) in [5.41, 5.74) is 3.38. The van der Waals surface area contributed by atoms with Crippen LogP contribution in [0.4, 0.5) is 17.1 Å². The highest BCUT2D eigenvalue weighted by molar-refractivity contribution is 6.31. The van der Waals surface area contributed by atoms with Gasteiger partial charge in [-0.15, -0.1) is 0 Å². The number of nitrogens with one attached hydrogen (secondary N) is 2. The monoisotopic (exact) mass is 371 g/mol. The molecule has 2 aromatic rings. The highest BCUT2D eigenvalue weighted by atomic mass is 35.5. The van der Waals surface area contributed by atoms with E-state index >= 15 is 0 Å². The Morgan fingerprint density at radius 3 is 2.58 bits per heavy atom. The van der Waals surface area contributed by atoms with Crippen LogP contribution in [0.2, 0.25) is 5.02 Å². The van der Waals surface area contributed by atoms with Crippen molar-refractivity contribution in [2.24, 2.45) is 0 Å². The second-order valence-corrected chi connectivity index (χ2v) is 6.95. The van der Waals surface area contributed by atoms with E-state index in [0.29, 0.717) is 17.1 Å². The van der Waals surface area contributed by atoms with Crippen LogP contribution in [0.3, 0.4) is 0 Å². The Labute approximate surface area is 158 Å². The molecule has 1 atom stereocenters. The zero-order valence-corrected chi connectivity index (χ0v) is 15.6. The third-order valence-corrected chi connectivity index (χ3v) is 4.72. The minimum absolute atomic E-state index is 0.144. The predicted octanol–water partition coefficient (Wildman–Crippen LogP) is 4.21. The number of amides is 2. The minimum Gasteiger partial charge on any atom is -0.374 e. The molecule has 0 saturated carbocycles. The normalized spacial score (nSPS) is 15.0. The summed E-state index contributed by atoms with van der Waals surface area (Å²) in [6.07, 6.45) is 1.51. The minimum atomic E-state index is -0.423. The van der Waals surface area contributed by atoms with Crippen molar-refractivity contribution in [3.05, 3.63) is 53.1 Å². The summed E-state index contributed by atoms with van der Waals surface area (Å²) >= 11 is 5.99. The fraction of sp³-hybridized carbons (Fsp3) is 0.300. The Morgan fingerprint density at radius 2 is 1.92 bits per heavy atom. The Kier molecular flexibility index (Phi) is 5.47. The van der Waals surface area contributed by atoms with Gasteiger partial charge in [-0.2, -0.15) is 0 Å². The fourth-order valence-corrected chi connectivity index (χ4v) is 3.12. The quantitative estimate of drug-likeness (QED) is 0.827. The van der Waals surface area contributed by atoms with Crippen molar-refractivity contribution in [2.45, 2.75) is 32.7 Å². The number of carbonyl (C=O) groups excluding carboxylic acids is 2. The first kappa shape index (κ1) is 18.3. The largest absolute Gasteiger partial charge is 0.374 e. The van der Waals surface area contributed by atoms with Gasteiger partial charge in [0.15, 0.2) is 0 Å². The maximum Gasteiger partial charge on any atom is 0.246 e. The van der Waals surface area contributed by atoms with Gasteiger partial charge in [-0.3, -0.25) is 9.59 Å². The molecule has 1 aliphatic rings. The highest BCUT2D eigenvalue weighted by Crippen LogP contribution is 2.24. The van der Waals surface area contributed by atoms with Gasteiger partial charge < -0.3 is 15.5 Å². The zero-order valence-electron chi connectivity index (χ0n) is 14.9. The average Bonchev–Trinajstić information content (AvgIpc) is 3.04. The van der Waals surface area contributed by atoms with Crippen molar-refractivity contribution in [3.63, 3.8) is 0 Å². The number of carbonyl (C=O) groups is 2. The molecule has 2 amide bonds. The van der Waals surface area contributed by atoms with Gasteiger partial charge in [0, 0.05) is 35.1 Å². The van der Waals surface area contributed by atoms with E-state index in [1.54, 1.807) is 24.0 Å². The summed E-state index contributed by atoms with van der Waals surface area (Å²) in [5, 5.41) is 6.65. The van der Waals surface area contributed by atoms with Crippen LogP contribution in [0.25, 0.3) is 0 Å². The molecule has 2 N–H and O–H groups in total. The van der Waals surface area contributed by atoms with E-state index in [-0.39, 0.29) is 11.8 Å². The smallest absolute Gasteiger partial charge is 0.246 e. The Bertz CT molecular complexity index is 820. The first-order chi connectivity index (χ1) is 12.4. The summed E-state index contributed by atoms with van der Waals surface area (Å²) in [6.45, 7) is 4.49. The van der Waals surface area contributed by atoms with Crippen LogP contribution in [0.5, 0.6) is 0 Å². The molecule has 0 radical (unpaired) electrons. The van der Waals surface area contributed by atoms with Gasteiger partial charge in [0.05, 0.1) is 0 Å². The van der Waals surface area contributed by atoms with E-state index in [1.807, 2.05) is 37.3 Å². The SMILES string of the molecule is Cc1ccc(Cl)cc1NC(=O)[C@@H](C)Nc1ccc(N2CCCC2=O)cc1. The second kappa shape index (κ2) is 7.79. The summed E-state index contributed by atoms with van der Waals surface area (Å²) in [5.74, 6) is 0.0181. The molecule has 1 fully saturated rings. The van der Waals surface area contributed by atoms with Crippen LogP contribution < -0.4 is 15.5 Å². The van der Waals surface area contributed by atoms with Crippen LogP contribution in [-0.4, -0.2) is 24.4 Å². The zero-order chi connectivity index (χ0) is 18.7. The van der Waals surface area contributed by atoms with E-state index in [4.69, 9.17) is 11.6 Å². The summed E-state index contributed by atoms with van der Waals surface area (Å²) in [7, 11) is 0. The molecule has 0 aliphatic carbocycles. The third-order valence-electron chi connectivity index (χ3n) is 4.49. The van der Waals surface area contributed by atoms with Gasteiger partial charge in [0.2, 0.25) is 11.8 Å². The van der Waals surface area contributed by atoms with Crippen molar-refractivity contribution in [3.8, 4) is 0 Å². The molecule has 136 valence electrons. The molecule has 2 aromatic carbocycles. The van der Waals surface area contributed by atoms with Gasteiger partial charge in [-0.05, 0) is 62.2 Å². The van der Waals surface area contributed by atoms with Crippen molar-refractivity contribution >= 4 is 40.5 Å². The van der Waals surface area contributed by atoms with Gasteiger partial charge in [0.1, 0.15) is 6.04 Å². The van der Waals surface area contributed by atoms with Gasteiger partial charge in [-0.25, -0.2) is 0 Å². The van der Waals surface area contributed by atoms with Gasteiger partial charge in [0.25, 0.3) is 0 Å². The Balaban J connectivity index is 1.62. The molecule has 0 spiro atoms.